The second-order valence-corrected chi connectivity index (χ2v) is 14.1. The number of esters is 2. The van der Waals surface area contributed by atoms with Crippen LogP contribution >= 0.6 is 34.5 Å². The number of nitrogens with zero attached hydrogens (tertiary/aromatic N) is 5. The standard InChI is InChI=1S/C34H39Cl2N5O5S/c1-45-32(43)29-24(9-10-26-38-13-18-47-26)39-25(30(33(44)46-2)31(29)28-22(35)7-6-8-23(28)36)19-27(42)41-16-14-40(15-17-41)21-34(20-37)11-4-3-5-12-34/h6-8,13,18,29,31H,3-5,9-12,14-17,19,21H2,1-2H3. The molecule has 1 saturated heterocycles. The smallest absolute Gasteiger partial charge is 0.336 e. The third-order valence-electron chi connectivity index (χ3n) is 9.46. The number of rotatable bonds is 10. The molecule has 0 radical (unpaired) electrons. The number of ether oxygens (including phenoxy) is 2. The quantitative estimate of drug-likeness (QED) is 0.283. The molecule has 2 atom stereocenters. The van der Waals surface area contributed by atoms with E-state index in [1.54, 1.807) is 29.3 Å². The highest BCUT2D eigenvalue weighted by Crippen LogP contribution is 2.46. The molecule has 10 nitrogen and oxygen atoms in total. The van der Waals surface area contributed by atoms with Crippen molar-refractivity contribution in [3.05, 3.63) is 61.7 Å². The summed E-state index contributed by atoms with van der Waals surface area (Å²) in [5.74, 6) is -3.58. The lowest BCUT2D eigenvalue weighted by atomic mass is 9.73. The van der Waals surface area contributed by atoms with Crippen molar-refractivity contribution in [1.82, 2.24) is 14.8 Å². The van der Waals surface area contributed by atoms with Gasteiger partial charge in [0.1, 0.15) is 5.92 Å². The van der Waals surface area contributed by atoms with Crippen LogP contribution < -0.4 is 0 Å². The zero-order valence-electron chi connectivity index (χ0n) is 26.7. The number of aromatic nitrogens is 1. The topological polar surface area (TPSA) is 125 Å². The van der Waals surface area contributed by atoms with Gasteiger partial charge < -0.3 is 14.4 Å². The summed E-state index contributed by atoms with van der Waals surface area (Å²) >= 11 is 14.9. The summed E-state index contributed by atoms with van der Waals surface area (Å²) in [6.45, 7) is 3.01. The van der Waals surface area contributed by atoms with Gasteiger partial charge in [-0.3, -0.25) is 19.5 Å². The van der Waals surface area contributed by atoms with Crippen molar-refractivity contribution >= 4 is 58.1 Å². The van der Waals surface area contributed by atoms with Crippen molar-refractivity contribution in [2.45, 2.75) is 57.3 Å². The average molecular weight is 701 g/mol. The van der Waals surface area contributed by atoms with E-state index in [4.69, 9.17) is 37.7 Å². The van der Waals surface area contributed by atoms with Crippen molar-refractivity contribution in [2.24, 2.45) is 16.3 Å². The van der Waals surface area contributed by atoms with Crippen LogP contribution in [0.25, 0.3) is 0 Å². The molecule has 2 fully saturated rings. The molecule has 0 bridgehead atoms. The summed E-state index contributed by atoms with van der Waals surface area (Å²) in [7, 11) is 2.52. The maximum atomic E-state index is 13.9. The molecular weight excluding hydrogens is 661 g/mol. The van der Waals surface area contributed by atoms with Gasteiger partial charge in [0.15, 0.2) is 0 Å². The number of halogens is 2. The molecule has 2 unspecified atom stereocenters. The summed E-state index contributed by atoms with van der Waals surface area (Å²) < 4.78 is 10.5. The molecule has 0 spiro atoms. The summed E-state index contributed by atoms with van der Waals surface area (Å²) in [6, 6.07) is 7.56. The van der Waals surface area contributed by atoms with Crippen molar-refractivity contribution < 1.29 is 23.9 Å². The number of nitriles is 1. The Morgan fingerprint density at radius 2 is 1.74 bits per heavy atom. The van der Waals surface area contributed by atoms with E-state index in [-0.39, 0.29) is 39.1 Å². The van der Waals surface area contributed by atoms with Crippen LogP contribution in [0.4, 0.5) is 0 Å². The number of hydrogen-bond acceptors (Lipinski definition) is 10. The molecule has 2 aliphatic heterocycles. The number of amides is 1. The Hall–Kier alpha value is -3.30. The predicted molar refractivity (Wildman–Crippen MR) is 180 cm³/mol. The largest absolute Gasteiger partial charge is 0.468 e. The Labute approximate surface area is 289 Å². The number of hydrogen-bond donors (Lipinski definition) is 0. The molecule has 250 valence electrons. The van der Waals surface area contributed by atoms with Crippen LogP contribution in [0.15, 0.2) is 46.0 Å². The molecule has 1 amide bonds. The summed E-state index contributed by atoms with van der Waals surface area (Å²) in [5, 5.41) is 13.2. The minimum Gasteiger partial charge on any atom is -0.468 e. The van der Waals surface area contributed by atoms with Crippen molar-refractivity contribution in [1.29, 1.82) is 5.26 Å². The van der Waals surface area contributed by atoms with Crippen LogP contribution in [-0.2, 0) is 30.3 Å². The number of aryl methyl sites for hydroxylation is 1. The lowest BCUT2D eigenvalue weighted by Crippen LogP contribution is -2.51. The molecule has 3 aliphatic rings. The first kappa shape index (κ1) is 35.0. The fourth-order valence-electron chi connectivity index (χ4n) is 7.04. The minimum absolute atomic E-state index is 0.0520. The van der Waals surface area contributed by atoms with Gasteiger partial charge in [-0.15, -0.1) is 11.3 Å². The Morgan fingerprint density at radius 3 is 2.34 bits per heavy atom. The SMILES string of the molecule is COC(=O)C1=C(CC(=O)N2CCN(CC3(C#N)CCCCC3)CC2)N=C(CCc2nccs2)C(C(=O)OC)C1c1c(Cl)cccc1Cl. The third kappa shape index (κ3) is 7.89. The molecule has 1 saturated carbocycles. The summed E-state index contributed by atoms with van der Waals surface area (Å²) in [4.78, 5) is 54.3. The van der Waals surface area contributed by atoms with Gasteiger partial charge in [-0.1, -0.05) is 48.5 Å². The number of carbonyl (C=O) groups is 3. The van der Waals surface area contributed by atoms with Crippen molar-refractivity contribution in [2.75, 3.05) is 46.9 Å². The first-order chi connectivity index (χ1) is 22.7. The van der Waals surface area contributed by atoms with E-state index in [9.17, 15) is 19.6 Å². The van der Waals surface area contributed by atoms with Gasteiger partial charge in [0.2, 0.25) is 5.91 Å². The highest BCUT2D eigenvalue weighted by atomic mass is 35.5. The van der Waals surface area contributed by atoms with Gasteiger partial charge >= 0.3 is 11.9 Å². The van der Waals surface area contributed by atoms with Gasteiger partial charge in [-0.2, -0.15) is 5.26 Å². The highest BCUT2D eigenvalue weighted by Gasteiger charge is 2.46. The van der Waals surface area contributed by atoms with E-state index in [0.29, 0.717) is 56.8 Å². The van der Waals surface area contributed by atoms with Gasteiger partial charge in [0.25, 0.3) is 0 Å². The minimum atomic E-state index is -1.04. The van der Waals surface area contributed by atoms with Crippen LogP contribution in [0, 0.1) is 22.7 Å². The third-order valence-corrected chi connectivity index (χ3v) is 11.0. The fourth-order valence-corrected chi connectivity index (χ4v) is 8.30. The van der Waals surface area contributed by atoms with Gasteiger partial charge in [0, 0.05) is 72.4 Å². The zero-order valence-corrected chi connectivity index (χ0v) is 29.0. The van der Waals surface area contributed by atoms with Crippen LogP contribution in [0.5, 0.6) is 0 Å². The molecule has 13 heteroatoms. The van der Waals surface area contributed by atoms with E-state index in [1.807, 2.05) is 5.38 Å². The van der Waals surface area contributed by atoms with E-state index in [2.05, 4.69) is 16.0 Å². The zero-order chi connectivity index (χ0) is 33.6. The Kier molecular flexibility index (Phi) is 11.7. The maximum absolute atomic E-state index is 13.9. The van der Waals surface area contributed by atoms with Crippen molar-refractivity contribution in [3.8, 4) is 6.07 Å². The second-order valence-electron chi connectivity index (χ2n) is 12.3. The van der Waals surface area contributed by atoms with Crippen LogP contribution in [-0.4, -0.2) is 85.3 Å². The van der Waals surface area contributed by atoms with Gasteiger partial charge in [-0.25, -0.2) is 9.78 Å². The summed E-state index contributed by atoms with van der Waals surface area (Å²) in [6.07, 6.45) is 7.51. The molecule has 0 N–H and O–H groups in total. The molecule has 1 aliphatic carbocycles. The number of aliphatic imine (C=N–C) groups is 1. The molecule has 47 heavy (non-hydrogen) atoms. The van der Waals surface area contributed by atoms with Gasteiger partial charge in [-0.05, 0) is 37.0 Å². The Morgan fingerprint density at radius 1 is 1.04 bits per heavy atom. The molecule has 2 aromatic rings. The van der Waals surface area contributed by atoms with E-state index < -0.39 is 23.8 Å². The normalized spacial score (nSPS) is 21.5. The Bertz CT molecular complexity index is 1550. The molecule has 3 heterocycles. The number of carbonyl (C=O) groups excluding carboxylic acids is 3. The highest BCUT2D eigenvalue weighted by molar-refractivity contribution is 7.09. The van der Waals surface area contributed by atoms with Crippen LogP contribution in [0.3, 0.4) is 0 Å². The first-order valence-electron chi connectivity index (χ1n) is 15.9. The number of piperazine rings is 1. The van der Waals surface area contributed by atoms with Crippen LogP contribution in [0.1, 0.15) is 61.4 Å². The summed E-state index contributed by atoms with van der Waals surface area (Å²) in [5.41, 5.74) is 0.756. The molecule has 1 aromatic heterocycles. The second kappa shape index (κ2) is 15.7. The van der Waals surface area contributed by atoms with Crippen LogP contribution in [0.2, 0.25) is 10.0 Å². The van der Waals surface area contributed by atoms with E-state index >= 15 is 0 Å². The molecule has 1 aromatic carbocycles. The van der Waals surface area contributed by atoms with Gasteiger partial charge in [0.05, 0.1) is 48.4 Å². The lowest BCUT2D eigenvalue weighted by molar-refractivity contribution is -0.143. The molecular formula is C34H39Cl2N5O5S. The number of methoxy groups -OCH3 is 2. The Balaban J connectivity index is 1.47. The molecule has 5 rings (SSSR count). The first-order valence-corrected chi connectivity index (χ1v) is 17.5. The number of benzene rings is 1. The lowest BCUT2D eigenvalue weighted by Gasteiger charge is -2.40. The van der Waals surface area contributed by atoms with E-state index in [0.717, 1.165) is 30.7 Å². The maximum Gasteiger partial charge on any atom is 0.336 e. The monoisotopic (exact) mass is 699 g/mol. The number of thiazole rings is 1. The predicted octanol–water partition coefficient (Wildman–Crippen LogP) is 5.85. The fraction of sp³-hybridized carbons (Fsp3) is 0.529. The average Bonchev–Trinajstić information content (AvgIpc) is 3.61. The van der Waals surface area contributed by atoms with Crippen molar-refractivity contribution in [3.63, 3.8) is 0 Å². The van der Waals surface area contributed by atoms with E-state index in [1.165, 1.54) is 32.0 Å².